The van der Waals surface area contributed by atoms with Gasteiger partial charge in [-0.1, -0.05) is 44.2 Å². The lowest BCUT2D eigenvalue weighted by Crippen LogP contribution is -2.41. The normalized spacial score (nSPS) is 19.8. The number of halogens is 1. The second-order valence-electron chi connectivity index (χ2n) is 6.76. The maximum absolute atomic E-state index is 13.3. The van der Waals surface area contributed by atoms with E-state index in [4.69, 9.17) is 5.11 Å². The van der Waals surface area contributed by atoms with E-state index in [-0.39, 0.29) is 30.3 Å². The van der Waals surface area contributed by atoms with Crippen LogP contribution >= 0.6 is 11.8 Å². The van der Waals surface area contributed by atoms with E-state index in [2.05, 4.69) is 0 Å². The molecule has 1 aromatic carbocycles. The predicted molar refractivity (Wildman–Crippen MR) is 101 cm³/mol. The highest BCUT2D eigenvalue weighted by atomic mass is 32.2. The Morgan fingerprint density at radius 2 is 1.62 bits per heavy atom. The number of rotatable bonds is 5. The Kier molecular flexibility index (Phi) is 6.48. The molecule has 0 atom stereocenters. The van der Waals surface area contributed by atoms with Crippen LogP contribution in [0.25, 0.3) is 5.57 Å². The number of hydrogen-bond donors (Lipinski definition) is 1. The molecule has 0 saturated heterocycles. The van der Waals surface area contributed by atoms with Crippen molar-refractivity contribution in [2.75, 3.05) is 12.4 Å². The van der Waals surface area contributed by atoms with Crippen molar-refractivity contribution in [3.63, 3.8) is 0 Å². The Labute approximate surface area is 157 Å². The van der Waals surface area contributed by atoms with Gasteiger partial charge in [0.1, 0.15) is 5.82 Å². The summed E-state index contributed by atoms with van der Waals surface area (Å²) < 4.78 is 13.3. The largest absolute Gasteiger partial charge is 0.396 e. The van der Waals surface area contributed by atoms with Crippen LogP contribution in [0.15, 0.2) is 29.2 Å². The smallest absolute Gasteiger partial charge is 0.268 e. The van der Waals surface area contributed by atoms with Crippen molar-refractivity contribution in [2.45, 2.75) is 51.0 Å². The van der Waals surface area contributed by atoms with Crippen molar-refractivity contribution in [1.82, 2.24) is 4.90 Å². The van der Waals surface area contributed by atoms with Crippen LogP contribution in [-0.4, -0.2) is 40.2 Å². The number of aliphatic hydroxyl groups excluding tert-OH is 1. The summed E-state index contributed by atoms with van der Waals surface area (Å²) in [6, 6.07) is 5.60. The van der Waals surface area contributed by atoms with E-state index in [0.717, 1.165) is 38.5 Å². The van der Waals surface area contributed by atoms with Gasteiger partial charge in [-0.3, -0.25) is 14.5 Å². The monoisotopic (exact) mass is 377 g/mol. The zero-order valence-corrected chi connectivity index (χ0v) is 15.6. The minimum Gasteiger partial charge on any atom is -0.396 e. The third-order valence-electron chi connectivity index (χ3n) is 4.98. The van der Waals surface area contributed by atoms with Crippen molar-refractivity contribution in [2.24, 2.45) is 0 Å². The van der Waals surface area contributed by atoms with Gasteiger partial charge in [-0.05, 0) is 30.5 Å². The number of thioether (sulfide) groups is 1. The molecular formula is C20H24FNO3S. The molecule has 0 bridgehead atoms. The van der Waals surface area contributed by atoms with Crippen LogP contribution in [0.5, 0.6) is 0 Å². The van der Waals surface area contributed by atoms with E-state index in [1.54, 1.807) is 0 Å². The lowest BCUT2D eigenvalue weighted by atomic mass is 9.95. The number of benzene rings is 1. The number of amides is 2. The van der Waals surface area contributed by atoms with Crippen molar-refractivity contribution < 1.29 is 19.1 Å². The second-order valence-corrected chi connectivity index (χ2v) is 7.87. The maximum Gasteiger partial charge on any atom is 0.268 e. The van der Waals surface area contributed by atoms with Crippen molar-refractivity contribution in [3.05, 3.63) is 40.6 Å². The molecule has 0 spiro atoms. The first-order chi connectivity index (χ1) is 12.6. The summed E-state index contributed by atoms with van der Waals surface area (Å²) in [6.45, 7) is -0.0736. The zero-order chi connectivity index (χ0) is 18.5. The molecule has 2 amide bonds. The van der Waals surface area contributed by atoms with Gasteiger partial charge in [0.2, 0.25) is 0 Å². The van der Waals surface area contributed by atoms with Gasteiger partial charge in [-0.25, -0.2) is 4.39 Å². The fourth-order valence-corrected chi connectivity index (χ4v) is 4.57. The summed E-state index contributed by atoms with van der Waals surface area (Å²) in [4.78, 5) is 28.0. The average molecular weight is 377 g/mol. The van der Waals surface area contributed by atoms with Crippen LogP contribution in [0, 0.1) is 5.82 Å². The fourth-order valence-electron chi connectivity index (χ4n) is 3.70. The number of carbonyl (C=O) groups is 2. The minimum atomic E-state index is -0.382. The van der Waals surface area contributed by atoms with Gasteiger partial charge in [0, 0.05) is 11.8 Å². The molecule has 2 aliphatic rings. The van der Waals surface area contributed by atoms with E-state index < -0.39 is 0 Å². The highest BCUT2D eigenvalue weighted by Gasteiger charge is 2.42. The summed E-state index contributed by atoms with van der Waals surface area (Å²) in [7, 11) is 0. The summed E-state index contributed by atoms with van der Waals surface area (Å²) >= 11 is 1.20. The lowest BCUT2D eigenvalue weighted by molar-refractivity contribution is -0.139. The summed E-state index contributed by atoms with van der Waals surface area (Å²) in [5.41, 5.74) is 0.897. The van der Waals surface area contributed by atoms with Gasteiger partial charge in [0.25, 0.3) is 11.8 Å². The van der Waals surface area contributed by atoms with E-state index in [0.29, 0.717) is 21.8 Å². The Morgan fingerprint density at radius 1 is 1.00 bits per heavy atom. The number of hydrogen-bond acceptors (Lipinski definition) is 4. The Morgan fingerprint density at radius 3 is 2.23 bits per heavy atom. The number of aliphatic hydroxyl groups is 1. The summed E-state index contributed by atoms with van der Waals surface area (Å²) in [5, 5.41) is 9.15. The van der Waals surface area contributed by atoms with Crippen molar-refractivity contribution >= 4 is 29.1 Å². The number of imide groups is 1. The third-order valence-corrected chi connectivity index (χ3v) is 6.04. The van der Waals surface area contributed by atoms with Crippen LogP contribution in [-0.2, 0) is 9.59 Å². The Balaban J connectivity index is 1.92. The average Bonchev–Trinajstić information content (AvgIpc) is 2.84. The van der Waals surface area contributed by atoms with Gasteiger partial charge in [-0.2, -0.15) is 0 Å². The quantitative estimate of drug-likeness (QED) is 0.794. The van der Waals surface area contributed by atoms with Crippen LogP contribution in [0.2, 0.25) is 0 Å². The van der Waals surface area contributed by atoms with Gasteiger partial charge >= 0.3 is 0 Å². The predicted octanol–water partition coefficient (Wildman–Crippen LogP) is 3.74. The molecule has 0 aromatic heterocycles. The van der Waals surface area contributed by atoms with Gasteiger partial charge in [-0.15, -0.1) is 11.8 Å². The highest BCUT2D eigenvalue weighted by molar-refractivity contribution is 8.04. The Hall–Kier alpha value is -1.66. The van der Waals surface area contributed by atoms with Crippen LogP contribution in [0.3, 0.4) is 0 Å². The van der Waals surface area contributed by atoms with Crippen LogP contribution in [0.4, 0.5) is 4.39 Å². The molecule has 0 radical (unpaired) electrons. The van der Waals surface area contributed by atoms with E-state index >= 15 is 0 Å². The molecule has 1 heterocycles. The van der Waals surface area contributed by atoms with Gasteiger partial charge in [0.15, 0.2) is 0 Å². The molecule has 4 nitrogen and oxygen atoms in total. The SMILES string of the molecule is O=C1C(SCCO)=C(c2ccc(F)cc2)C(=O)N1C1CCCCCCC1. The number of carbonyl (C=O) groups excluding carboxylic acids is 2. The standard InChI is InChI=1S/C20H24FNO3S/c21-15-10-8-14(9-11-15)17-18(26-13-12-23)20(25)22(19(17)24)16-6-4-2-1-3-5-7-16/h8-11,16,23H,1-7,12-13H2. The molecule has 1 aromatic rings. The summed E-state index contributed by atoms with van der Waals surface area (Å²) in [6.07, 6.45) is 7.21. The molecule has 26 heavy (non-hydrogen) atoms. The molecule has 1 saturated carbocycles. The summed E-state index contributed by atoms with van der Waals surface area (Å²) in [5.74, 6) is -0.587. The van der Waals surface area contributed by atoms with E-state index in [1.165, 1.54) is 47.3 Å². The first kappa shape index (κ1) is 19.1. The van der Waals surface area contributed by atoms with Gasteiger partial charge in [0.05, 0.1) is 17.1 Å². The van der Waals surface area contributed by atoms with Crippen molar-refractivity contribution in [3.8, 4) is 0 Å². The number of nitrogens with zero attached hydrogens (tertiary/aromatic N) is 1. The van der Waals surface area contributed by atoms with Gasteiger partial charge < -0.3 is 5.11 Å². The molecular weight excluding hydrogens is 353 g/mol. The maximum atomic E-state index is 13.3. The highest BCUT2D eigenvalue weighted by Crippen LogP contribution is 2.38. The molecule has 6 heteroatoms. The fraction of sp³-hybridized carbons (Fsp3) is 0.500. The molecule has 0 unspecified atom stereocenters. The molecule has 1 aliphatic carbocycles. The van der Waals surface area contributed by atoms with E-state index in [1.807, 2.05) is 0 Å². The second kappa shape index (κ2) is 8.82. The molecule has 1 N–H and O–H groups in total. The Bertz CT molecular complexity index is 694. The topological polar surface area (TPSA) is 57.6 Å². The molecule has 1 aliphatic heterocycles. The lowest BCUT2D eigenvalue weighted by Gasteiger charge is -2.28. The van der Waals surface area contributed by atoms with E-state index in [9.17, 15) is 14.0 Å². The molecule has 1 fully saturated rings. The van der Waals surface area contributed by atoms with Crippen LogP contribution < -0.4 is 0 Å². The van der Waals surface area contributed by atoms with Crippen LogP contribution in [0.1, 0.15) is 50.5 Å². The first-order valence-electron chi connectivity index (χ1n) is 9.25. The van der Waals surface area contributed by atoms with Crippen molar-refractivity contribution in [1.29, 1.82) is 0 Å². The first-order valence-corrected chi connectivity index (χ1v) is 10.2. The minimum absolute atomic E-state index is 0.0713. The molecule has 140 valence electrons. The third kappa shape index (κ3) is 4.01. The molecule has 3 rings (SSSR count). The zero-order valence-electron chi connectivity index (χ0n) is 14.7.